The van der Waals surface area contributed by atoms with Gasteiger partial charge in [0.1, 0.15) is 10.1 Å². The van der Waals surface area contributed by atoms with Gasteiger partial charge in [0.2, 0.25) is 5.91 Å². The number of unbranched alkanes of at least 4 members (excludes halogenated alkanes) is 12. The second-order valence-electron chi connectivity index (χ2n) is 9.77. The van der Waals surface area contributed by atoms with Crippen molar-refractivity contribution in [1.82, 2.24) is 5.32 Å². The third kappa shape index (κ3) is 19.7. The SMILES string of the molecule is CCCCCCCCCCCCCCCC(=O)NCCC[N+](C)(C)C(C)CS(=O)(=O)[O-]. The molecule has 1 N–H and O–H groups in total. The molecule has 0 bridgehead atoms. The summed E-state index contributed by atoms with van der Waals surface area (Å²) in [6.07, 6.45) is 18.2. The van der Waals surface area contributed by atoms with Gasteiger partial charge >= 0.3 is 0 Å². The summed E-state index contributed by atoms with van der Waals surface area (Å²) in [6.45, 7) is 5.35. The van der Waals surface area contributed by atoms with Gasteiger partial charge in [0, 0.05) is 19.4 Å². The Bertz CT molecular complexity index is 550. The molecular weight excluding hydrogens is 412 g/mol. The molecule has 0 heterocycles. The molecule has 0 aromatic rings. The lowest BCUT2D eigenvalue weighted by Gasteiger charge is -2.36. The van der Waals surface area contributed by atoms with Gasteiger partial charge in [-0.2, -0.15) is 0 Å². The molecule has 6 nitrogen and oxygen atoms in total. The second-order valence-corrected chi connectivity index (χ2v) is 11.2. The van der Waals surface area contributed by atoms with E-state index in [1.807, 2.05) is 14.1 Å². The van der Waals surface area contributed by atoms with Crippen molar-refractivity contribution in [3.05, 3.63) is 0 Å². The Morgan fingerprint density at radius 2 is 1.29 bits per heavy atom. The summed E-state index contributed by atoms with van der Waals surface area (Å²) in [4.78, 5) is 12.0. The Kier molecular flexibility index (Phi) is 17.5. The van der Waals surface area contributed by atoms with Crippen LogP contribution in [-0.2, 0) is 14.9 Å². The summed E-state index contributed by atoms with van der Waals surface area (Å²) in [6, 6.07) is -0.260. The molecule has 0 fully saturated rings. The van der Waals surface area contributed by atoms with Gasteiger partial charge in [-0.15, -0.1) is 0 Å². The third-order valence-electron chi connectivity index (χ3n) is 6.38. The van der Waals surface area contributed by atoms with Crippen molar-refractivity contribution in [1.29, 1.82) is 0 Å². The summed E-state index contributed by atoms with van der Waals surface area (Å²) in [5, 5.41) is 2.96. The maximum absolute atomic E-state index is 12.0. The van der Waals surface area contributed by atoms with E-state index in [0.29, 0.717) is 17.4 Å². The fourth-order valence-corrected chi connectivity index (χ4v) is 4.82. The lowest BCUT2D eigenvalue weighted by molar-refractivity contribution is -0.910. The van der Waals surface area contributed by atoms with E-state index in [4.69, 9.17) is 0 Å². The van der Waals surface area contributed by atoms with Crippen molar-refractivity contribution in [2.45, 2.75) is 116 Å². The molecule has 1 unspecified atom stereocenters. The second kappa shape index (κ2) is 17.8. The van der Waals surface area contributed by atoms with Crippen molar-refractivity contribution in [2.24, 2.45) is 0 Å². The maximum atomic E-state index is 12.0. The van der Waals surface area contributed by atoms with Gasteiger partial charge in [0.25, 0.3) is 0 Å². The van der Waals surface area contributed by atoms with E-state index >= 15 is 0 Å². The average molecular weight is 463 g/mol. The van der Waals surface area contributed by atoms with E-state index in [2.05, 4.69) is 12.2 Å². The van der Waals surface area contributed by atoms with Crippen LogP contribution in [0.25, 0.3) is 0 Å². The number of hydrogen-bond donors (Lipinski definition) is 1. The summed E-state index contributed by atoms with van der Waals surface area (Å²) in [5.74, 6) is -0.255. The van der Waals surface area contributed by atoms with E-state index in [-0.39, 0.29) is 17.7 Å². The molecule has 31 heavy (non-hydrogen) atoms. The first-order chi connectivity index (χ1) is 14.6. The molecule has 0 aromatic heterocycles. The van der Waals surface area contributed by atoms with Crippen LogP contribution in [0.15, 0.2) is 0 Å². The molecule has 186 valence electrons. The minimum absolute atomic E-state index is 0.101. The molecule has 0 aromatic carbocycles. The van der Waals surface area contributed by atoms with E-state index < -0.39 is 10.1 Å². The van der Waals surface area contributed by atoms with Crippen LogP contribution in [0.5, 0.6) is 0 Å². The fraction of sp³-hybridized carbons (Fsp3) is 0.958. The molecule has 1 atom stereocenters. The van der Waals surface area contributed by atoms with Crippen LogP contribution in [0, 0.1) is 0 Å². The molecule has 7 heteroatoms. The highest BCUT2D eigenvalue weighted by Crippen LogP contribution is 2.13. The quantitative estimate of drug-likeness (QED) is 0.148. The van der Waals surface area contributed by atoms with Crippen molar-refractivity contribution in [3.63, 3.8) is 0 Å². The molecule has 0 aliphatic heterocycles. The number of quaternary nitrogens is 1. The van der Waals surface area contributed by atoms with Crippen molar-refractivity contribution < 1.29 is 22.2 Å². The van der Waals surface area contributed by atoms with Crippen molar-refractivity contribution >= 4 is 16.0 Å². The average Bonchev–Trinajstić information content (AvgIpc) is 2.67. The van der Waals surface area contributed by atoms with Gasteiger partial charge in [0.05, 0.1) is 32.4 Å². The van der Waals surface area contributed by atoms with Crippen LogP contribution in [0.3, 0.4) is 0 Å². The minimum atomic E-state index is -4.21. The Hall–Kier alpha value is -0.660. The number of carbonyl (C=O) groups is 1. The zero-order valence-corrected chi connectivity index (χ0v) is 21.6. The molecule has 0 radical (unpaired) electrons. The molecule has 0 saturated heterocycles. The van der Waals surface area contributed by atoms with Gasteiger partial charge in [-0.1, -0.05) is 84.0 Å². The van der Waals surface area contributed by atoms with Crippen molar-refractivity contribution in [2.75, 3.05) is 32.9 Å². The Morgan fingerprint density at radius 3 is 1.74 bits per heavy atom. The van der Waals surface area contributed by atoms with Gasteiger partial charge in [-0.25, -0.2) is 8.42 Å². The standard InChI is InChI=1S/C24H50N2O4S/c1-5-6-7-8-9-10-11-12-13-14-15-16-17-19-24(27)25-20-18-21-26(3,4)23(2)22-31(28,29)30/h23H,5-22H2,1-4H3,(H-,25,27,28,29,30). The number of nitrogens with one attached hydrogen (secondary N) is 1. The molecule has 1 amide bonds. The Labute approximate surface area is 192 Å². The molecule has 0 aliphatic carbocycles. The van der Waals surface area contributed by atoms with Gasteiger partial charge < -0.3 is 14.4 Å². The number of carbonyl (C=O) groups excluding carboxylic acids is 1. The molecular formula is C24H50N2O4S. The lowest BCUT2D eigenvalue weighted by Crippen LogP contribution is -2.51. The molecule has 0 spiro atoms. The zero-order valence-electron chi connectivity index (χ0n) is 20.8. The highest BCUT2D eigenvalue weighted by molar-refractivity contribution is 7.85. The Morgan fingerprint density at radius 1 is 0.839 bits per heavy atom. The highest BCUT2D eigenvalue weighted by atomic mass is 32.2. The van der Waals surface area contributed by atoms with Crippen molar-refractivity contribution in [3.8, 4) is 0 Å². The minimum Gasteiger partial charge on any atom is -0.748 e. The monoisotopic (exact) mass is 462 g/mol. The third-order valence-corrected chi connectivity index (χ3v) is 7.27. The van der Waals surface area contributed by atoms with Gasteiger partial charge in [0.15, 0.2) is 0 Å². The van der Waals surface area contributed by atoms with E-state index in [1.165, 1.54) is 70.6 Å². The smallest absolute Gasteiger partial charge is 0.219 e. The normalized spacial score (nSPS) is 13.3. The van der Waals surface area contributed by atoms with Crippen LogP contribution in [-0.4, -0.2) is 62.3 Å². The van der Waals surface area contributed by atoms with Gasteiger partial charge in [-0.05, 0) is 13.3 Å². The summed E-state index contributed by atoms with van der Waals surface area (Å²) < 4.78 is 33.3. The molecule has 0 rings (SSSR count). The highest BCUT2D eigenvalue weighted by Gasteiger charge is 2.25. The number of amides is 1. The maximum Gasteiger partial charge on any atom is 0.219 e. The summed E-state index contributed by atoms with van der Waals surface area (Å²) in [5.41, 5.74) is 0. The van der Waals surface area contributed by atoms with E-state index in [1.54, 1.807) is 6.92 Å². The predicted molar refractivity (Wildman–Crippen MR) is 129 cm³/mol. The van der Waals surface area contributed by atoms with E-state index in [9.17, 15) is 17.8 Å². The van der Waals surface area contributed by atoms with Crippen LogP contribution < -0.4 is 5.32 Å². The lowest BCUT2D eigenvalue weighted by atomic mass is 10.0. The van der Waals surface area contributed by atoms with Crippen LogP contribution in [0.1, 0.15) is 110 Å². The number of hydrogen-bond acceptors (Lipinski definition) is 4. The zero-order chi connectivity index (χ0) is 23.6. The molecule has 0 saturated carbocycles. The predicted octanol–water partition coefficient (Wildman–Crippen LogP) is 4.98. The first kappa shape index (κ1) is 30.3. The fourth-order valence-electron chi connectivity index (χ4n) is 3.82. The number of nitrogens with zero attached hydrogens (tertiary/aromatic N) is 1. The van der Waals surface area contributed by atoms with Gasteiger partial charge in [-0.3, -0.25) is 4.79 Å². The van der Waals surface area contributed by atoms with E-state index in [0.717, 1.165) is 25.8 Å². The molecule has 0 aliphatic rings. The van der Waals surface area contributed by atoms with Crippen LogP contribution >= 0.6 is 0 Å². The summed E-state index contributed by atoms with van der Waals surface area (Å²) >= 11 is 0. The number of rotatable bonds is 21. The first-order valence-electron chi connectivity index (χ1n) is 12.6. The topological polar surface area (TPSA) is 86.3 Å². The first-order valence-corrected chi connectivity index (χ1v) is 14.2. The largest absolute Gasteiger partial charge is 0.748 e. The summed E-state index contributed by atoms with van der Waals surface area (Å²) in [7, 11) is -0.370. The van der Waals surface area contributed by atoms with Crippen LogP contribution in [0.2, 0.25) is 0 Å². The van der Waals surface area contributed by atoms with Crippen LogP contribution in [0.4, 0.5) is 0 Å². The Balaban J connectivity index is 3.55.